The molecular weight excluding hydrogens is 616 g/mol. The quantitative estimate of drug-likeness (QED) is 0.142. The first-order valence-corrected chi connectivity index (χ1v) is 14.9. The molecular formula is C36H30N4O8. The fourth-order valence-electron chi connectivity index (χ4n) is 4.77. The van der Waals surface area contributed by atoms with E-state index in [-0.39, 0.29) is 38.1 Å². The molecule has 4 aromatic rings. The molecule has 0 aromatic heterocycles. The monoisotopic (exact) mass is 646 g/mol. The maximum atomic E-state index is 13.3. The highest BCUT2D eigenvalue weighted by molar-refractivity contribution is 6.06. The Balaban J connectivity index is 1.13. The highest BCUT2D eigenvalue weighted by Crippen LogP contribution is 2.34. The van der Waals surface area contributed by atoms with Crippen molar-refractivity contribution < 1.29 is 38.1 Å². The fourth-order valence-corrected chi connectivity index (χ4v) is 4.77. The van der Waals surface area contributed by atoms with Gasteiger partial charge in [0, 0.05) is 24.2 Å². The van der Waals surface area contributed by atoms with Crippen LogP contribution in [0.3, 0.4) is 0 Å². The Morgan fingerprint density at radius 3 is 1.33 bits per heavy atom. The Morgan fingerprint density at radius 2 is 0.917 bits per heavy atom. The predicted octanol–water partition coefficient (Wildman–Crippen LogP) is 3.62. The molecule has 6 rings (SSSR count). The van der Waals surface area contributed by atoms with Gasteiger partial charge in [0.25, 0.3) is 23.6 Å². The van der Waals surface area contributed by atoms with Gasteiger partial charge in [-0.15, -0.1) is 0 Å². The number of benzene rings is 4. The Bertz CT molecular complexity index is 1770. The van der Waals surface area contributed by atoms with Crippen LogP contribution < -0.4 is 40.2 Å². The Hall–Kier alpha value is -6.56. The highest BCUT2D eigenvalue weighted by Gasteiger charge is 2.19. The molecule has 0 atom stereocenters. The third-order valence-electron chi connectivity index (χ3n) is 7.17. The topological polar surface area (TPSA) is 153 Å². The van der Waals surface area contributed by atoms with Crippen LogP contribution in [0.4, 0.5) is 0 Å². The van der Waals surface area contributed by atoms with Crippen LogP contribution in [0.5, 0.6) is 23.0 Å². The average molecular weight is 647 g/mol. The molecule has 2 heterocycles. The molecule has 0 saturated heterocycles. The van der Waals surface area contributed by atoms with Crippen molar-refractivity contribution in [1.82, 2.24) is 21.3 Å². The Morgan fingerprint density at radius 1 is 0.521 bits per heavy atom. The van der Waals surface area contributed by atoms with Gasteiger partial charge >= 0.3 is 0 Å². The molecule has 4 amide bonds. The summed E-state index contributed by atoms with van der Waals surface area (Å²) in [5.41, 5.74) is 1.89. The number of rotatable bonds is 11. The molecule has 0 bridgehead atoms. The number of hydrogen-bond donors (Lipinski definition) is 4. The van der Waals surface area contributed by atoms with Crippen LogP contribution in [0.2, 0.25) is 0 Å². The van der Waals surface area contributed by atoms with E-state index >= 15 is 0 Å². The molecule has 12 heteroatoms. The van der Waals surface area contributed by atoms with Crippen LogP contribution in [-0.4, -0.2) is 50.3 Å². The fraction of sp³-hybridized carbons (Fsp3) is 0.111. The lowest BCUT2D eigenvalue weighted by Gasteiger charge is -2.13. The number of carbonyl (C=O) groups is 4. The number of nitrogens with one attached hydrogen (secondary N) is 4. The van der Waals surface area contributed by atoms with E-state index in [4.69, 9.17) is 18.9 Å². The van der Waals surface area contributed by atoms with E-state index in [2.05, 4.69) is 21.3 Å². The third-order valence-corrected chi connectivity index (χ3v) is 7.17. The van der Waals surface area contributed by atoms with Crippen molar-refractivity contribution in [3.05, 3.63) is 131 Å². The molecule has 12 nitrogen and oxygen atoms in total. The van der Waals surface area contributed by atoms with Crippen LogP contribution in [-0.2, 0) is 9.59 Å². The summed E-state index contributed by atoms with van der Waals surface area (Å²) in [5, 5.41) is 10.8. The first-order valence-electron chi connectivity index (χ1n) is 14.9. The largest absolute Gasteiger partial charge is 0.454 e. The van der Waals surface area contributed by atoms with Crippen molar-refractivity contribution in [1.29, 1.82) is 0 Å². The lowest BCUT2D eigenvalue weighted by molar-refractivity contribution is -0.119. The molecule has 0 saturated carbocycles. The van der Waals surface area contributed by atoms with Gasteiger partial charge in [0.2, 0.25) is 13.6 Å². The summed E-state index contributed by atoms with van der Waals surface area (Å²) >= 11 is 0. The SMILES string of the molecule is O=C(NCCNC(=O)C(=Cc1ccc2c(c1)OCO2)NC(=O)c1ccccc1)C(=Cc1ccc2c(c1)OCO2)NC(=O)c1ccccc1. The van der Waals surface area contributed by atoms with E-state index in [1.54, 1.807) is 97.1 Å². The third kappa shape index (κ3) is 7.80. The van der Waals surface area contributed by atoms with Gasteiger partial charge in [0.15, 0.2) is 23.0 Å². The van der Waals surface area contributed by atoms with E-state index in [1.807, 2.05) is 0 Å². The van der Waals surface area contributed by atoms with E-state index in [9.17, 15) is 19.2 Å². The van der Waals surface area contributed by atoms with Crippen molar-refractivity contribution in [2.45, 2.75) is 0 Å². The zero-order valence-electron chi connectivity index (χ0n) is 25.5. The zero-order chi connectivity index (χ0) is 33.3. The second-order valence-corrected chi connectivity index (χ2v) is 10.5. The Kier molecular flexibility index (Phi) is 9.62. The van der Waals surface area contributed by atoms with Gasteiger partial charge in [-0.2, -0.15) is 0 Å². The van der Waals surface area contributed by atoms with Gasteiger partial charge in [-0.25, -0.2) is 0 Å². The maximum absolute atomic E-state index is 13.3. The molecule has 2 aliphatic rings. The van der Waals surface area contributed by atoms with Gasteiger partial charge in [-0.05, 0) is 71.8 Å². The van der Waals surface area contributed by atoms with Crippen LogP contribution in [0.25, 0.3) is 12.2 Å². The van der Waals surface area contributed by atoms with Gasteiger partial charge in [-0.1, -0.05) is 48.5 Å². The molecule has 0 aliphatic carbocycles. The first kappa shape index (κ1) is 31.4. The predicted molar refractivity (Wildman–Crippen MR) is 175 cm³/mol. The van der Waals surface area contributed by atoms with Crippen LogP contribution in [0.1, 0.15) is 31.8 Å². The normalized spacial score (nSPS) is 13.0. The average Bonchev–Trinajstić information content (AvgIpc) is 3.79. The summed E-state index contributed by atoms with van der Waals surface area (Å²) in [4.78, 5) is 52.5. The molecule has 0 spiro atoms. The van der Waals surface area contributed by atoms with Crippen LogP contribution in [0, 0.1) is 0 Å². The van der Waals surface area contributed by atoms with Gasteiger partial charge in [0.05, 0.1) is 0 Å². The molecule has 48 heavy (non-hydrogen) atoms. The van der Waals surface area contributed by atoms with Crippen molar-refractivity contribution >= 4 is 35.8 Å². The Labute approximate surface area is 275 Å². The van der Waals surface area contributed by atoms with Gasteiger partial charge < -0.3 is 40.2 Å². The second-order valence-electron chi connectivity index (χ2n) is 10.5. The van der Waals surface area contributed by atoms with Crippen LogP contribution >= 0.6 is 0 Å². The molecule has 242 valence electrons. The van der Waals surface area contributed by atoms with Crippen LogP contribution in [0.15, 0.2) is 108 Å². The molecule has 0 fully saturated rings. The first-order chi connectivity index (χ1) is 23.4. The minimum atomic E-state index is -0.584. The summed E-state index contributed by atoms with van der Waals surface area (Å²) < 4.78 is 21.6. The highest BCUT2D eigenvalue weighted by atomic mass is 16.7. The maximum Gasteiger partial charge on any atom is 0.267 e. The summed E-state index contributed by atoms with van der Waals surface area (Å²) in [6.45, 7) is 0.202. The van der Waals surface area contributed by atoms with Gasteiger partial charge in [-0.3, -0.25) is 19.2 Å². The molecule has 2 aliphatic heterocycles. The molecule has 0 unspecified atom stereocenters. The van der Waals surface area contributed by atoms with Crippen molar-refractivity contribution in [2.24, 2.45) is 0 Å². The molecule has 4 N–H and O–H groups in total. The zero-order valence-corrected chi connectivity index (χ0v) is 25.5. The minimum absolute atomic E-state index is 0.00813. The lowest BCUT2D eigenvalue weighted by Crippen LogP contribution is -2.41. The number of ether oxygens (including phenoxy) is 4. The van der Waals surface area contributed by atoms with E-state index in [0.29, 0.717) is 45.3 Å². The lowest BCUT2D eigenvalue weighted by atomic mass is 10.1. The number of carbonyl (C=O) groups excluding carboxylic acids is 4. The second kappa shape index (κ2) is 14.7. The van der Waals surface area contributed by atoms with E-state index < -0.39 is 23.6 Å². The standard InChI is InChI=1S/C36H30N4O8/c41-33(25-7-3-1-4-8-25)39-27(17-23-11-13-29-31(19-23)47-21-45-29)35(43)37-15-16-38-36(44)28(40-34(42)26-9-5-2-6-10-26)18-24-12-14-30-32(20-24)48-22-46-30/h1-14,17-20H,15-16,21-22H2,(H,37,43)(H,38,44)(H,39,41)(H,40,42). The van der Waals surface area contributed by atoms with Crippen molar-refractivity contribution in [3.63, 3.8) is 0 Å². The minimum Gasteiger partial charge on any atom is -0.454 e. The molecule has 4 aromatic carbocycles. The summed E-state index contributed by atoms with van der Waals surface area (Å²) in [6.07, 6.45) is 3.03. The smallest absolute Gasteiger partial charge is 0.267 e. The van der Waals surface area contributed by atoms with Crippen molar-refractivity contribution in [3.8, 4) is 23.0 Å². The summed E-state index contributed by atoms with van der Waals surface area (Å²) in [6, 6.07) is 27.2. The van der Waals surface area contributed by atoms with E-state index in [0.717, 1.165) is 0 Å². The van der Waals surface area contributed by atoms with Gasteiger partial charge in [0.1, 0.15) is 11.4 Å². The number of amides is 4. The van der Waals surface area contributed by atoms with Crippen molar-refractivity contribution in [2.75, 3.05) is 26.7 Å². The number of hydrogen-bond acceptors (Lipinski definition) is 8. The summed E-state index contributed by atoms with van der Waals surface area (Å²) in [7, 11) is 0. The number of fused-ring (bicyclic) bond motifs is 2. The molecule has 0 radical (unpaired) electrons. The summed E-state index contributed by atoms with van der Waals surface area (Å²) in [5.74, 6) is 0.0776. The van der Waals surface area contributed by atoms with E-state index in [1.165, 1.54) is 12.2 Å².